The van der Waals surface area contributed by atoms with E-state index in [-0.39, 0.29) is 15.5 Å². The minimum absolute atomic E-state index is 0.0729. The van der Waals surface area contributed by atoms with Gasteiger partial charge in [0, 0.05) is 37.1 Å². The van der Waals surface area contributed by atoms with Crippen molar-refractivity contribution in [1.82, 2.24) is 9.88 Å². The van der Waals surface area contributed by atoms with Gasteiger partial charge in [-0.1, -0.05) is 17.4 Å². The monoisotopic (exact) mass is 510 g/mol. The molecule has 0 radical (unpaired) electrons. The third kappa shape index (κ3) is 4.41. The van der Waals surface area contributed by atoms with Crippen LogP contribution in [0.4, 0.5) is 24.0 Å². The van der Waals surface area contributed by atoms with Crippen molar-refractivity contribution < 1.29 is 18.1 Å². The number of non-ortho nitro benzene ring substituents is 1. The van der Waals surface area contributed by atoms with Gasteiger partial charge < -0.3 is 4.90 Å². The van der Waals surface area contributed by atoms with Gasteiger partial charge in [0.25, 0.3) is 11.2 Å². The first-order valence-electron chi connectivity index (χ1n) is 10.8. The summed E-state index contributed by atoms with van der Waals surface area (Å²) in [5.74, 6) is 0. The fourth-order valence-electron chi connectivity index (χ4n) is 4.94. The summed E-state index contributed by atoms with van der Waals surface area (Å²) in [6, 6.07) is 5.35. The molecule has 5 rings (SSSR count). The van der Waals surface area contributed by atoms with Gasteiger partial charge >= 0.3 is 6.18 Å². The van der Waals surface area contributed by atoms with E-state index in [0.29, 0.717) is 30.4 Å². The fourth-order valence-corrected chi connectivity index (χ4v) is 6.80. The van der Waals surface area contributed by atoms with E-state index < -0.39 is 27.9 Å². The minimum Gasteiger partial charge on any atom is -0.348 e. The molecule has 2 saturated heterocycles. The van der Waals surface area contributed by atoms with Crippen LogP contribution in [0.5, 0.6) is 0 Å². The van der Waals surface area contributed by atoms with Crippen LogP contribution in [0.2, 0.25) is 0 Å². The summed E-state index contributed by atoms with van der Waals surface area (Å²) < 4.78 is 39.5. The van der Waals surface area contributed by atoms with Crippen LogP contribution in [-0.2, 0) is 12.7 Å². The molecule has 180 valence electrons. The van der Waals surface area contributed by atoms with Crippen molar-refractivity contribution in [2.24, 2.45) is 5.41 Å². The van der Waals surface area contributed by atoms with Crippen LogP contribution in [0.15, 0.2) is 34.4 Å². The second kappa shape index (κ2) is 8.58. The molecule has 1 spiro atoms. The first-order valence-corrected chi connectivity index (χ1v) is 12.5. The van der Waals surface area contributed by atoms with E-state index >= 15 is 0 Å². The molecule has 1 aromatic carbocycles. The van der Waals surface area contributed by atoms with Gasteiger partial charge in [-0.25, -0.2) is 0 Å². The topological polar surface area (TPSA) is 79.6 Å². The van der Waals surface area contributed by atoms with E-state index in [2.05, 4.69) is 27.4 Å². The number of nitro benzene ring substituents is 1. The van der Waals surface area contributed by atoms with Crippen LogP contribution in [0, 0.1) is 15.5 Å². The second-order valence-electron chi connectivity index (χ2n) is 8.96. The number of rotatable bonds is 4. The number of alkyl halides is 3. The molecule has 2 fully saturated rings. The van der Waals surface area contributed by atoms with Crippen molar-refractivity contribution in [3.05, 3.63) is 60.6 Å². The van der Waals surface area contributed by atoms with Crippen molar-refractivity contribution in [2.75, 3.05) is 31.1 Å². The van der Waals surface area contributed by atoms with E-state index in [1.165, 1.54) is 4.88 Å². The zero-order valence-corrected chi connectivity index (χ0v) is 19.6. The number of halogens is 3. The smallest absolute Gasteiger partial charge is 0.348 e. The number of thiophene rings is 1. The van der Waals surface area contributed by atoms with Crippen molar-refractivity contribution in [3.8, 4) is 0 Å². The van der Waals surface area contributed by atoms with Gasteiger partial charge in [-0.15, -0.1) is 11.3 Å². The van der Waals surface area contributed by atoms with Crippen LogP contribution in [0.1, 0.15) is 29.7 Å². The Labute approximate surface area is 200 Å². The first kappa shape index (κ1) is 23.2. The number of anilines is 1. The molecular formula is C22H21F3N4O3S2. The molecule has 2 aliphatic heterocycles. The van der Waals surface area contributed by atoms with E-state index in [1.54, 1.807) is 11.3 Å². The van der Waals surface area contributed by atoms with Crippen LogP contribution in [0.25, 0.3) is 10.1 Å². The maximum atomic E-state index is 13.2. The number of fused-ring (bicyclic) bond motifs is 1. The summed E-state index contributed by atoms with van der Waals surface area (Å²) in [5, 5.41) is 13.5. The lowest BCUT2D eigenvalue weighted by atomic mass is 9.78. The molecule has 0 unspecified atom stereocenters. The fraction of sp³-hybridized carbons (Fsp3) is 0.455. The predicted octanol–water partition coefficient (Wildman–Crippen LogP) is 5.14. The molecule has 12 heteroatoms. The maximum absolute atomic E-state index is 13.2. The molecule has 34 heavy (non-hydrogen) atoms. The molecule has 0 amide bonds. The lowest BCUT2D eigenvalue weighted by Gasteiger charge is -2.39. The van der Waals surface area contributed by atoms with Crippen molar-refractivity contribution in [3.63, 3.8) is 0 Å². The summed E-state index contributed by atoms with van der Waals surface area (Å²) in [4.78, 5) is 33.0. The lowest BCUT2D eigenvalue weighted by Crippen LogP contribution is -2.42. The number of aromatic nitrogens is 1. The highest BCUT2D eigenvalue weighted by Gasteiger charge is 2.41. The van der Waals surface area contributed by atoms with Gasteiger partial charge in [0.2, 0.25) is 0 Å². The number of hydrogen-bond donors (Lipinski definition) is 0. The Morgan fingerprint density at radius 2 is 1.91 bits per heavy atom. The summed E-state index contributed by atoms with van der Waals surface area (Å²) in [7, 11) is 0. The number of hydrogen-bond acceptors (Lipinski definition) is 8. The molecule has 2 aromatic heterocycles. The number of likely N-dealkylation sites (tertiary alicyclic amines) is 1. The Bertz CT molecular complexity index is 1290. The van der Waals surface area contributed by atoms with Gasteiger partial charge in [0.05, 0.1) is 15.9 Å². The Morgan fingerprint density at radius 3 is 2.56 bits per heavy atom. The van der Waals surface area contributed by atoms with E-state index in [0.717, 1.165) is 50.2 Å². The van der Waals surface area contributed by atoms with Gasteiger partial charge in [-0.05, 0) is 48.7 Å². The second-order valence-corrected chi connectivity index (χ2v) is 11.0. The van der Waals surface area contributed by atoms with E-state index in [4.69, 9.17) is 0 Å². The standard InChI is InChI=1S/C22H21F3N4O3S2/c23-22(24,25)14-10-16-18(17(11-14)29(31)32)34-20(26-19(16)30)28-7-4-21(5-8-28)3-6-27(13-21)12-15-2-1-9-33-15/h1-2,9-11H,3-8,12-13H2. The third-order valence-corrected chi connectivity index (χ3v) is 8.81. The molecule has 4 heterocycles. The predicted molar refractivity (Wildman–Crippen MR) is 126 cm³/mol. The lowest BCUT2D eigenvalue weighted by molar-refractivity contribution is -0.383. The van der Waals surface area contributed by atoms with Crippen LogP contribution < -0.4 is 10.5 Å². The molecule has 0 saturated carbocycles. The highest BCUT2D eigenvalue weighted by Crippen LogP contribution is 2.43. The Hall–Kier alpha value is -2.57. The number of piperidine rings is 1. The molecule has 3 aromatic rings. The van der Waals surface area contributed by atoms with E-state index in [1.807, 2.05) is 4.90 Å². The van der Waals surface area contributed by atoms with Gasteiger partial charge in [-0.2, -0.15) is 18.2 Å². The Morgan fingerprint density at radius 1 is 1.18 bits per heavy atom. The van der Waals surface area contributed by atoms with Crippen molar-refractivity contribution in [2.45, 2.75) is 32.0 Å². The largest absolute Gasteiger partial charge is 0.416 e. The highest BCUT2D eigenvalue weighted by atomic mass is 32.1. The third-order valence-electron chi connectivity index (χ3n) is 6.79. The van der Waals surface area contributed by atoms with Crippen LogP contribution in [-0.4, -0.2) is 41.0 Å². The molecular weight excluding hydrogens is 489 g/mol. The molecule has 0 aliphatic carbocycles. The first-order chi connectivity index (χ1) is 16.1. The quantitative estimate of drug-likeness (QED) is 0.357. The average Bonchev–Trinajstić information content (AvgIpc) is 3.43. The Balaban J connectivity index is 1.37. The SMILES string of the molecule is O=c1nc(N2CCC3(CCN(Cc4cccs4)C3)CC2)sc2c([N+](=O)[O-])cc(C(F)(F)F)cc12. The van der Waals surface area contributed by atoms with Crippen molar-refractivity contribution >= 4 is 43.6 Å². The Kier molecular flexibility index (Phi) is 5.85. The van der Waals surface area contributed by atoms with Gasteiger partial charge in [0.15, 0.2) is 5.13 Å². The highest BCUT2D eigenvalue weighted by molar-refractivity contribution is 7.22. The minimum atomic E-state index is -4.80. The molecule has 2 aliphatic rings. The average molecular weight is 511 g/mol. The molecule has 7 nitrogen and oxygen atoms in total. The van der Waals surface area contributed by atoms with Crippen LogP contribution in [0.3, 0.4) is 0 Å². The normalized spacial score (nSPS) is 18.7. The molecule has 0 atom stereocenters. The zero-order chi connectivity index (χ0) is 24.1. The summed E-state index contributed by atoms with van der Waals surface area (Å²) in [6.45, 7) is 4.28. The number of nitro groups is 1. The number of nitrogens with zero attached hydrogens (tertiary/aromatic N) is 4. The maximum Gasteiger partial charge on any atom is 0.416 e. The summed E-state index contributed by atoms with van der Waals surface area (Å²) >= 11 is 2.67. The van der Waals surface area contributed by atoms with E-state index in [9.17, 15) is 28.1 Å². The molecule has 0 bridgehead atoms. The van der Waals surface area contributed by atoms with Crippen LogP contribution >= 0.6 is 22.7 Å². The summed E-state index contributed by atoms with van der Waals surface area (Å²) in [6.07, 6.45) is -1.89. The van der Waals surface area contributed by atoms with Gasteiger partial charge in [-0.3, -0.25) is 19.8 Å². The number of benzene rings is 1. The molecule has 0 N–H and O–H groups in total. The van der Waals surface area contributed by atoms with Crippen molar-refractivity contribution in [1.29, 1.82) is 0 Å². The zero-order valence-electron chi connectivity index (χ0n) is 18.0. The van der Waals surface area contributed by atoms with Gasteiger partial charge in [0.1, 0.15) is 4.70 Å². The summed E-state index contributed by atoms with van der Waals surface area (Å²) in [5.41, 5.74) is -2.62.